The molecular formula is C23H16FN5O3S. The van der Waals surface area contributed by atoms with Gasteiger partial charge in [-0.2, -0.15) is 10.2 Å². The highest BCUT2D eigenvalue weighted by molar-refractivity contribution is 7.13. The Morgan fingerprint density at radius 3 is 2.67 bits per heavy atom. The SMILES string of the molecule is CC(OC(=O)c1nc(-c2cccs2)n(-c2ccc(F)cc2)n1)C(=O)Nc1cccc(C#N)c1. The zero-order chi connectivity index (χ0) is 23.4. The van der Waals surface area contributed by atoms with Crippen LogP contribution in [0.1, 0.15) is 23.1 Å². The lowest BCUT2D eigenvalue weighted by Crippen LogP contribution is -2.30. The van der Waals surface area contributed by atoms with E-state index in [9.17, 15) is 14.0 Å². The molecule has 0 aliphatic heterocycles. The number of amides is 1. The average molecular weight is 461 g/mol. The van der Waals surface area contributed by atoms with Gasteiger partial charge in [0, 0.05) is 5.69 Å². The summed E-state index contributed by atoms with van der Waals surface area (Å²) in [5.74, 6) is -1.73. The summed E-state index contributed by atoms with van der Waals surface area (Å²) in [5, 5.41) is 17.7. The first kappa shape index (κ1) is 21.9. The van der Waals surface area contributed by atoms with Crippen molar-refractivity contribution in [3.8, 4) is 22.5 Å². The maximum absolute atomic E-state index is 13.4. The van der Waals surface area contributed by atoms with Crippen LogP contribution in [0.25, 0.3) is 16.4 Å². The highest BCUT2D eigenvalue weighted by Gasteiger charge is 2.25. The first-order valence-corrected chi connectivity index (χ1v) is 10.6. The third-order valence-corrected chi connectivity index (χ3v) is 5.38. The minimum Gasteiger partial charge on any atom is -0.447 e. The Bertz CT molecular complexity index is 1340. The zero-order valence-corrected chi connectivity index (χ0v) is 18.0. The number of carbonyl (C=O) groups excluding carboxylic acids is 2. The van der Waals surface area contributed by atoms with E-state index < -0.39 is 23.8 Å². The van der Waals surface area contributed by atoms with Crippen LogP contribution in [0, 0.1) is 17.1 Å². The molecule has 1 atom stereocenters. The Morgan fingerprint density at radius 1 is 1.18 bits per heavy atom. The van der Waals surface area contributed by atoms with Crippen molar-refractivity contribution in [3.05, 3.63) is 83.2 Å². The Balaban J connectivity index is 1.54. The van der Waals surface area contributed by atoms with Gasteiger partial charge in [0.1, 0.15) is 5.82 Å². The van der Waals surface area contributed by atoms with Crippen molar-refractivity contribution >= 4 is 28.9 Å². The summed E-state index contributed by atoms with van der Waals surface area (Å²) in [6, 6.07) is 17.6. The summed E-state index contributed by atoms with van der Waals surface area (Å²) in [7, 11) is 0. The van der Waals surface area contributed by atoms with Crippen molar-refractivity contribution < 1.29 is 18.7 Å². The molecule has 164 valence electrons. The summed E-state index contributed by atoms with van der Waals surface area (Å²) < 4.78 is 20.0. The molecule has 0 aliphatic rings. The van der Waals surface area contributed by atoms with Crippen LogP contribution in [0.5, 0.6) is 0 Å². The number of aromatic nitrogens is 3. The number of nitrogens with zero attached hydrogens (tertiary/aromatic N) is 4. The number of thiophene rings is 1. The van der Waals surface area contributed by atoms with Gasteiger partial charge in [-0.05, 0) is 60.8 Å². The van der Waals surface area contributed by atoms with Crippen LogP contribution in [0.4, 0.5) is 10.1 Å². The average Bonchev–Trinajstić information content (AvgIpc) is 3.50. The topological polar surface area (TPSA) is 110 Å². The van der Waals surface area contributed by atoms with Crippen molar-refractivity contribution in [1.82, 2.24) is 14.8 Å². The summed E-state index contributed by atoms with van der Waals surface area (Å²) in [6.45, 7) is 1.42. The zero-order valence-electron chi connectivity index (χ0n) is 17.2. The molecule has 1 N–H and O–H groups in total. The third kappa shape index (κ3) is 4.94. The van der Waals surface area contributed by atoms with Crippen LogP contribution < -0.4 is 5.32 Å². The van der Waals surface area contributed by atoms with Gasteiger partial charge in [-0.3, -0.25) is 4.79 Å². The molecule has 1 unspecified atom stereocenters. The van der Waals surface area contributed by atoms with E-state index in [0.717, 1.165) is 4.88 Å². The van der Waals surface area contributed by atoms with Crippen molar-refractivity contribution in [1.29, 1.82) is 5.26 Å². The molecule has 4 rings (SSSR count). The molecule has 2 aromatic carbocycles. The van der Waals surface area contributed by atoms with Crippen LogP contribution in [0.3, 0.4) is 0 Å². The maximum Gasteiger partial charge on any atom is 0.379 e. The van der Waals surface area contributed by atoms with E-state index >= 15 is 0 Å². The number of rotatable bonds is 6. The number of hydrogen-bond donors (Lipinski definition) is 1. The van der Waals surface area contributed by atoms with Crippen LogP contribution in [0.15, 0.2) is 66.0 Å². The van der Waals surface area contributed by atoms with Crippen LogP contribution in [0.2, 0.25) is 0 Å². The smallest absolute Gasteiger partial charge is 0.379 e. The van der Waals surface area contributed by atoms with Gasteiger partial charge in [-0.15, -0.1) is 16.4 Å². The summed E-state index contributed by atoms with van der Waals surface area (Å²) in [6.07, 6.45) is -1.15. The van der Waals surface area contributed by atoms with Gasteiger partial charge in [-0.1, -0.05) is 12.1 Å². The molecular weight excluding hydrogens is 445 g/mol. The number of halogens is 1. The largest absolute Gasteiger partial charge is 0.447 e. The molecule has 33 heavy (non-hydrogen) atoms. The minimum absolute atomic E-state index is 0.242. The molecule has 1 amide bonds. The minimum atomic E-state index is -1.15. The normalized spacial score (nSPS) is 11.4. The number of carbonyl (C=O) groups is 2. The molecule has 2 aromatic heterocycles. The van der Waals surface area contributed by atoms with E-state index in [1.165, 1.54) is 53.3 Å². The van der Waals surface area contributed by atoms with Gasteiger partial charge in [0.05, 0.1) is 22.2 Å². The molecule has 0 spiro atoms. The number of anilines is 1. The number of nitrogens with one attached hydrogen (secondary N) is 1. The first-order valence-electron chi connectivity index (χ1n) is 9.73. The number of nitriles is 1. The number of esters is 1. The molecule has 4 aromatic rings. The predicted molar refractivity (Wildman–Crippen MR) is 119 cm³/mol. The standard InChI is InChI=1S/C23H16FN5O3S/c1-14(22(30)26-17-5-2-4-15(12-17)13-25)32-23(31)20-27-21(19-6-3-11-33-19)29(28-20)18-9-7-16(24)8-10-18/h2-12,14H,1H3,(H,26,30). The Hall–Kier alpha value is -4.36. The molecule has 0 fully saturated rings. The molecule has 8 nitrogen and oxygen atoms in total. The van der Waals surface area contributed by atoms with Crippen molar-refractivity contribution in [2.24, 2.45) is 0 Å². The highest BCUT2D eigenvalue weighted by atomic mass is 32.1. The van der Waals surface area contributed by atoms with E-state index in [4.69, 9.17) is 10.00 Å². The molecule has 0 saturated heterocycles. The summed E-state index contributed by atoms with van der Waals surface area (Å²) in [5.41, 5.74) is 1.30. The number of benzene rings is 2. The lowest BCUT2D eigenvalue weighted by molar-refractivity contribution is -0.123. The lowest BCUT2D eigenvalue weighted by atomic mass is 10.2. The number of hydrogen-bond acceptors (Lipinski definition) is 7. The first-order chi connectivity index (χ1) is 15.9. The van der Waals surface area contributed by atoms with Gasteiger partial charge in [0.25, 0.3) is 11.7 Å². The van der Waals surface area contributed by atoms with Gasteiger partial charge in [0.15, 0.2) is 11.9 Å². The Labute approximate surface area is 191 Å². The Morgan fingerprint density at radius 2 is 1.97 bits per heavy atom. The van der Waals surface area contributed by atoms with Gasteiger partial charge in [-0.25, -0.2) is 13.9 Å². The van der Waals surface area contributed by atoms with E-state index in [2.05, 4.69) is 15.4 Å². The second kappa shape index (κ2) is 9.42. The van der Waals surface area contributed by atoms with Gasteiger partial charge < -0.3 is 10.1 Å². The molecule has 0 bridgehead atoms. The maximum atomic E-state index is 13.4. The van der Waals surface area contributed by atoms with E-state index in [1.807, 2.05) is 23.6 Å². The molecule has 0 saturated carbocycles. The van der Waals surface area contributed by atoms with Crippen LogP contribution in [-0.2, 0) is 9.53 Å². The monoisotopic (exact) mass is 461 g/mol. The molecule has 2 heterocycles. The summed E-state index contributed by atoms with van der Waals surface area (Å²) >= 11 is 1.40. The van der Waals surface area contributed by atoms with Crippen molar-refractivity contribution in [2.75, 3.05) is 5.32 Å². The molecule has 10 heteroatoms. The van der Waals surface area contributed by atoms with Gasteiger partial charge in [0.2, 0.25) is 0 Å². The quantitative estimate of drug-likeness (QED) is 0.431. The van der Waals surface area contributed by atoms with Crippen molar-refractivity contribution in [2.45, 2.75) is 13.0 Å². The third-order valence-electron chi connectivity index (χ3n) is 4.51. The fourth-order valence-corrected chi connectivity index (χ4v) is 3.60. The second-order valence-corrected chi connectivity index (χ2v) is 7.80. The fourth-order valence-electron chi connectivity index (χ4n) is 2.90. The van der Waals surface area contributed by atoms with E-state index in [1.54, 1.807) is 18.2 Å². The Kier molecular flexibility index (Phi) is 6.24. The van der Waals surface area contributed by atoms with Gasteiger partial charge >= 0.3 is 5.97 Å². The van der Waals surface area contributed by atoms with Crippen LogP contribution >= 0.6 is 11.3 Å². The highest BCUT2D eigenvalue weighted by Crippen LogP contribution is 2.26. The lowest BCUT2D eigenvalue weighted by Gasteiger charge is -2.12. The van der Waals surface area contributed by atoms with E-state index in [0.29, 0.717) is 22.8 Å². The molecule has 0 aliphatic carbocycles. The van der Waals surface area contributed by atoms with Crippen LogP contribution in [-0.4, -0.2) is 32.7 Å². The molecule has 0 radical (unpaired) electrons. The number of ether oxygens (including phenoxy) is 1. The predicted octanol–water partition coefficient (Wildman–Crippen LogP) is 4.19. The van der Waals surface area contributed by atoms with E-state index in [-0.39, 0.29) is 5.82 Å². The van der Waals surface area contributed by atoms with Crippen molar-refractivity contribution in [3.63, 3.8) is 0 Å². The fraction of sp³-hybridized carbons (Fsp3) is 0.0870. The summed E-state index contributed by atoms with van der Waals surface area (Å²) in [4.78, 5) is 30.2. The second-order valence-electron chi connectivity index (χ2n) is 6.85.